The van der Waals surface area contributed by atoms with E-state index in [0.29, 0.717) is 0 Å². The van der Waals surface area contributed by atoms with E-state index < -0.39 is 0 Å². The van der Waals surface area contributed by atoms with Gasteiger partial charge in [-0.15, -0.1) is 0 Å². The predicted octanol–water partition coefficient (Wildman–Crippen LogP) is 5.20. The summed E-state index contributed by atoms with van der Waals surface area (Å²) in [7, 11) is 0. The Hall–Kier alpha value is -0.260. The maximum absolute atomic E-state index is 2.46. The van der Waals surface area contributed by atoms with Crippen LogP contribution in [0, 0.1) is 23.2 Å². The Balaban J connectivity index is 1.69. The molecule has 4 unspecified atom stereocenters. The summed E-state index contributed by atoms with van der Waals surface area (Å²) in [5, 5.41) is 0. The first-order valence-corrected chi connectivity index (χ1v) is 7.29. The van der Waals surface area contributed by atoms with Crippen LogP contribution in [0.3, 0.4) is 0 Å². The molecule has 0 heterocycles. The molecular weight excluding hydrogens is 192 g/mol. The minimum atomic E-state index is 0.864. The van der Waals surface area contributed by atoms with Crippen LogP contribution in [0.25, 0.3) is 0 Å². The third-order valence-electron chi connectivity index (χ3n) is 5.35. The molecule has 0 heteroatoms. The summed E-state index contributed by atoms with van der Waals surface area (Å²) in [5.41, 5.74) is 2.44. The maximum Gasteiger partial charge on any atom is -0.0232 e. The molecule has 0 N–H and O–H groups in total. The Morgan fingerprint density at radius 3 is 2.75 bits per heavy atom. The summed E-state index contributed by atoms with van der Waals surface area (Å²) in [4.78, 5) is 0. The lowest BCUT2D eigenvalue weighted by Gasteiger charge is -2.06. The molecule has 0 aromatic heterocycles. The van der Waals surface area contributed by atoms with Crippen molar-refractivity contribution in [1.29, 1.82) is 0 Å². The van der Waals surface area contributed by atoms with E-state index >= 15 is 0 Å². The lowest BCUT2D eigenvalue weighted by atomic mass is 9.99. The van der Waals surface area contributed by atoms with Gasteiger partial charge in [0.1, 0.15) is 0 Å². The van der Waals surface area contributed by atoms with Gasteiger partial charge in [0.15, 0.2) is 0 Å². The SMILES string of the molecule is CCC(C)=CCCC1CC12CC2C(C)CC. The molecule has 0 saturated heterocycles. The molecule has 2 rings (SSSR count). The first-order chi connectivity index (χ1) is 7.64. The molecule has 0 radical (unpaired) electrons. The molecule has 0 bridgehead atoms. The Bertz CT molecular complexity index is 276. The van der Waals surface area contributed by atoms with Gasteiger partial charge in [-0.25, -0.2) is 0 Å². The summed E-state index contributed by atoms with van der Waals surface area (Å²) < 4.78 is 0. The average Bonchev–Trinajstić information content (AvgIpc) is 3.18. The van der Waals surface area contributed by atoms with Gasteiger partial charge >= 0.3 is 0 Å². The fourth-order valence-electron chi connectivity index (χ4n) is 3.57. The highest BCUT2D eigenvalue weighted by Gasteiger charge is 2.69. The average molecular weight is 220 g/mol. The molecule has 92 valence electrons. The molecule has 0 aromatic rings. The van der Waals surface area contributed by atoms with E-state index in [0.717, 1.165) is 23.2 Å². The lowest BCUT2D eigenvalue weighted by molar-refractivity contribution is 0.438. The zero-order valence-electron chi connectivity index (χ0n) is 11.6. The van der Waals surface area contributed by atoms with Crippen molar-refractivity contribution in [2.75, 3.05) is 0 Å². The van der Waals surface area contributed by atoms with Crippen molar-refractivity contribution in [2.45, 2.75) is 66.2 Å². The van der Waals surface area contributed by atoms with Gasteiger partial charge in [0.25, 0.3) is 0 Å². The highest BCUT2D eigenvalue weighted by molar-refractivity contribution is 5.19. The van der Waals surface area contributed by atoms with Crippen molar-refractivity contribution < 1.29 is 0 Å². The van der Waals surface area contributed by atoms with Crippen LogP contribution in [0.4, 0.5) is 0 Å². The van der Waals surface area contributed by atoms with Crippen LogP contribution >= 0.6 is 0 Å². The van der Waals surface area contributed by atoms with Gasteiger partial charge in [-0.3, -0.25) is 0 Å². The van der Waals surface area contributed by atoms with Gasteiger partial charge in [0, 0.05) is 0 Å². The fraction of sp³-hybridized carbons (Fsp3) is 0.875. The van der Waals surface area contributed by atoms with Crippen LogP contribution in [0.5, 0.6) is 0 Å². The first-order valence-electron chi connectivity index (χ1n) is 7.29. The van der Waals surface area contributed by atoms with Crippen LogP contribution in [-0.4, -0.2) is 0 Å². The molecule has 16 heavy (non-hydrogen) atoms. The summed E-state index contributed by atoms with van der Waals surface area (Å²) in [6, 6.07) is 0. The molecule has 1 spiro atoms. The van der Waals surface area contributed by atoms with Gasteiger partial charge in [0.2, 0.25) is 0 Å². The van der Waals surface area contributed by atoms with Crippen LogP contribution < -0.4 is 0 Å². The fourth-order valence-corrected chi connectivity index (χ4v) is 3.57. The molecule has 2 saturated carbocycles. The summed E-state index contributed by atoms with van der Waals surface area (Å²) in [5.74, 6) is 3.17. The van der Waals surface area contributed by atoms with Crippen LogP contribution in [0.15, 0.2) is 11.6 Å². The molecular formula is C16H28. The second-order valence-corrected chi connectivity index (χ2v) is 6.31. The number of allylic oxidation sites excluding steroid dienone is 2. The third kappa shape index (κ3) is 2.21. The van der Waals surface area contributed by atoms with E-state index in [4.69, 9.17) is 0 Å². The molecule has 0 aliphatic heterocycles. The van der Waals surface area contributed by atoms with E-state index in [9.17, 15) is 0 Å². The minimum absolute atomic E-state index is 0.864. The molecule has 2 aliphatic rings. The number of hydrogen-bond donors (Lipinski definition) is 0. The van der Waals surface area contributed by atoms with Crippen molar-refractivity contribution in [3.63, 3.8) is 0 Å². The minimum Gasteiger partial charge on any atom is -0.0856 e. The van der Waals surface area contributed by atoms with Crippen LogP contribution in [-0.2, 0) is 0 Å². The Morgan fingerprint density at radius 1 is 1.38 bits per heavy atom. The normalized spacial score (nSPS) is 38.9. The zero-order chi connectivity index (χ0) is 11.8. The lowest BCUT2D eigenvalue weighted by Crippen LogP contribution is -1.98. The zero-order valence-corrected chi connectivity index (χ0v) is 11.6. The van der Waals surface area contributed by atoms with Crippen molar-refractivity contribution in [3.05, 3.63) is 11.6 Å². The largest absolute Gasteiger partial charge is 0.0856 e. The second kappa shape index (κ2) is 4.55. The highest BCUT2D eigenvalue weighted by atomic mass is 14.7. The highest BCUT2D eigenvalue weighted by Crippen LogP contribution is 2.77. The van der Waals surface area contributed by atoms with Crippen molar-refractivity contribution in [3.8, 4) is 0 Å². The van der Waals surface area contributed by atoms with Crippen molar-refractivity contribution in [1.82, 2.24) is 0 Å². The van der Waals surface area contributed by atoms with Crippen LogP contribution in [0.2, 0.25) is 0 Å². The standard InChI is InChI=1S/C16H28/c1-5-12(3)8-7-9-14-10-16(14)11-15(16)13(4)6-2/h8,13-15H,5-7,9-11H2,1-4H3. The van der Waals surface area contributed by atoms with Gasteiger partial charge in [-0.05, 0) is 62.2 Å². The summed E-state index contributed by atoms with van der Waals surface area (Å²) in [6.45, 7) is 9.32. The topological polar surface area (TPSA) is 0 Å². The third-order valence-corrected chi connectivity index (χ3v) is 5.35. The maximum atomic E-state index is 2.46. The van der Waals surface area contributed by atoms with Gasteiger partial charge in [0.05, 0.1) is 0 Å². The number of hydrogen-bond acceptors (Lipinski definition) is 0. The van der Waals surface area contributed by atoms with E-state index in [-0.39, 0.29) is 0 Å². The monoisotopic (exact) mass is 220 g/mol. The van der Waals surface area contributed by atoms with Crippen LogP contribution in [0.1, 0.15) is 66.2 Å². The molecule has 0 amide bonds. The van der Waals surface area contributed by atoms with Crippen molar-refractivity contribution in [2.24, 2.45) is 23.2 Å². The second-order valence-electron chi connectivity index (χ2n) is 6.31. The summed E-state index contributed by atoms with van der Waals surface area (Å²) in [6.07, 6.45) is 11.0. The Morgan fingerprint density at radius 2 is 2.12 bits per heavy atom. The number of rotatable bonds is 6. The Kier molecular flexibility index (Phi) is 3.47. The smallest absolute Gasteiger partial charge is 0.0232 e. The summed E-state index contributed by atoms with van der Waals surface area (Å²) >= 11 is 0. The van der Waals surface area contributed by atoms with Gasteiger partial charge < -0.3 is 0 Å². The van der Waals surface area contributed by atoms with E-state index in [1.807, 2.05) is 0 Å². The molecule has 2 fully saturated rings. The molecule has 0 aromatic carbocycles. The molecule has 0 nitrogen and oxygen atoms in total. The van der Waals surface area contributed by atoms with E-state index in [1.54, 1.807) is 18.4 Å². The Labute approximate surface area is 102 Å². The quantitative estimate of drug-likeness (QED) is 0.540. The van der Waals surface area contributed by atoms with E-state index in [1.165, 1.54) is 25.7 Å². The van der Waals surface area contributed by atoms with Gasteiger partial charge in [-0.2, -0.15) is 0 Å². The molecule has 2 aliphatic carbocycles. The first kappa shape index (κ1) is 12.2. The van der Waals surface area contributed by atoms with Gasteiger partial charge in [-0.1, -0.05) is 38.8 Å². The predicted molar refractivity (Wildman–Crippen MR) is 71.4 cm³/mol. The van der Waals surface area contributed by atoms with E-state index in [2.05, 4.69) is 33.8 Å². The molecule has 4 atom stereocenters. The van der Waals surface area contributed by atoms with Crippen molar-refractivity contribution >= 4 is 0 Å².